The van der Waals surface area contributed by atoms with Gasteiger partial charge >= 0.3 is 0 Å². The molecule has 3 rings (SSSR count). The summed E-state index contributed by atoms with van der Waals surface area (Å²) in [5.74, 6) is 1.48. The zero-order valence-electron chi connectivity index (χ0n) is 16.9. The number of ether oxygens (including phenoxy) is 2. The summed E-state index contributed by atoms with van der Waals surface area (Å²) in [6.07, 6.45) is 0. The molecule has 0 amide bonds. The van der Waals surface area contributed by atoms with E-state index in [1.807, 2.05) is 48.0 Å². The molecule has 0 spiro atoms. The van der Waals surface area contributed by atoms with E-state index < -0.39 is 0 Å². The molecule has 0 saturated heterocycles. The molecule has 28 heavy (non-hydrogen) atoms. The third kappa shape index (κ3) is 4.46. The van der Waals surface area contributed by atoms with E-state index in [2.05, 4.69) is 24.5 Å². The molecule has 0 aliphatic rings. The molecule has 0 radical (unpaired) electrons. The number of benzene rings is 2. The number of hydrogen-bond acceptors (Lipinski definition) is 5. The van der Waals surface area contributed by atoms with Crippen LogP contribution in [0.5, 0.6) is 11.5 Å². The SMILES string of the molecule is CCNCCOc1ccc2c(c1)c(=O)c1ccc(OCCNCC)cc1n2C. The van der Waals surface area contributed by atoms with Crippen LogP contribution in [0.3, 0.4) is 0 Å². The van der Waals surface area contributed by atoms with Crippen LogP contribution in [0.25, 0.3) is 21.8 Å². The smallest absolute Gasteiger partial charge is 0.197 e. The summed E-state index contributed by atoms with van der Waals surface area (Å²) < 4.78 is 13.6. The number of rotatable bonds is 10. The molecule has 0 aliphatic carbocycles. The highest BCUT2D eigenvalue weighted by molar-refractivity contribution is 5.94. The molecular weight excluding hydrogens is 354 g/mol. The van der Waals surface area contributed by atoms with Crippen molar-refractivity contribution in [1.82, 2.24) is 15.2 Å². The zero-order valence-corrected chi connectivity index (χ0v) is 16.9. The van der Waals surface area contributed by atoms with Gasteiger partial charge < -0.3 is 24.7 Å². The Morgan fingerprint density at radius 3 is 2.07 bits per heavy atom. The van der Waals surface area contributed by atoms with E-state index in [-0.39, 0.29) is 5.43 Å². The van der Waals surface area contributed by atoms with Gasteiger partial charge in [-0.15, -0.1) is 0 Å². The van der Waals surface area contributed by atoms with Crippen molar-refractivity contribution in [3.8, 4) is 11.5 Å². The van der Waals surface area contributed by atoms with Crippen LogP contribution < -0.4 is 25.5 Å². The Bertz CT molecular complexity index is 998. The molecule has 0 fully saturated rings. The van der Waals surface area contributed by atoms with Crippen LogP contribution in [0, 0.1) is 0 Å². The van der Waals surface area contributed by atoms with E-state index >= 15 is 0 Å². The van der Waals surface area contributed by atoms with Gasteiger partial charge in [0.05, 0.1) is 11.0 Å². The van der Waals surface area contributed by atoms with Crippen molar-refractivity contribution in [2.75, 3.05) is 39.4 Å². The van der Waals surface area contributed by atoms with E-state index in [0.29, 0.717) is 29.7 Å². The second kappa shape index (κ2) is 9.57. The second-order valence-corrected chi connectivity index (χ2v) is 6.65. The van der Waals surface area contributed by atoms with E-state index in [1.54, 1.807) is 0 Å². The normalized spacial score (nSPS) is 11.2. The lowest BCUT2D eigenvalue weighted by Gasteiger charge is -2.14. The van der Waals surface area contributed by atoms with Gasteiger partial charge in [-0.3, -0.25) is 4.79 Å². The third-order valence-electron chi connectivity index (χ3n) is 4.74. The zero-order chi connectivity index (χ0) is 19.9. The monoisotopic (exact) mass is 383 g/mol. The van der Waals surface area contributed by atoms with Crippen molar-refractivity contribution in [2.45, 2.75) is 13.8 Å². The first kappa shape index (κ1) is 20.2. The molecule has 6 heteroatoms. The Hall–Kier alpha value is -2.57. The molecule has 3 aromatic rings. The fourth-order valence-corrected chi connectivity index (χ4v) is 3.26. The number of nitrogens with zero attached hydrogens (tertiary/aromatic N) is 1. The standard InChI is InChI=1S/C22H29N3O3/c1-4-23-10-12-27-16-7-9-20-19(14-16)22(26)18-8-6-17(15-21(18)25(20)3)28-13-11-24-5-2/h6-9,14-15,23-24H,4-5,10-13H2,1-3H3. The summed E-state index contributed by atoms with van der Waals surface area (Å²) in [6.45, 7) is 8.69. The predicted molar refractivity (Wildman–Crippen MR) is 115 cm³/mol. The van der Waals surface area contributed by atoms with E-state index in [4.69, 9.17) is 9.47 Å². The third-order valence-corrected chi connectivity index (χ3v) is 4.74. The average Bonchev–Trinajstić information content (AvgIpc) is 2.72. The number of aromatic nitrogens is 1. The maximum absolute atomic E-state index is 13.0. The van der Waals surface area contributed by atoms with E-state index in [0.717, 1.165) is 43.0 Å². The van der Waals surface area contributed by atoms with Crippen molar-refractivity contribution in [3.05, 3.63) is 46.6 Å². The van der Waals surface area contributed by atoms with Crippen LogP contribution in [-0.2, 0) is 7.05 Å². The molecule has 2 aromatic carbocycles. The van der Waals surface area contributed by atoms with Crippen LogP contribution in [0.4, 0.5) is 0 Å². The lowest BCUT2D eigenvalue weighted by atomic mass is 10.1. The molecule has 0 atom stereocenters. The minimum Gasteiger partial charge on any atom is -0.492 e. The molecule has 150 valence electrons. The Kier molecular flexibility index (Phi) is 6.90. The molecule has 6 nitrogen and oxygen atoms in total. The Balaban J connectivity index is 1.91. The minimum atomic E-state index is 0.0134. The van der Waals surface area contributed by atoms with Crippen molar-refractivity contribution in [1.29, 1.82) is 0 Å². The van der Waals surface area contributed by atoms with Crippen molar-refractivity contribution in [3.63, 3.8) is 0 Å². The van der Waals surface area contributed by atoms with Crippen molar-refractivity contribution in [2.24, 2.45) is 7.05 Å². The van der Waals surface area contributed by atoms with Crippen LogP contribution >= 0.6 is 0 Å². The molecule has 1 aromatic heterocycles. The molecule has 2 N–H and O–H groups in total. The quantitative estimate of drug-likeness (QED) is 0.416. The van der Waals surface area contributed by atoms with E-state index in [1.165, 1.54) is 0 Å². The van der Waals surface area contributed by atoms with Gasteiger partial charge in [0.1, 0.15) is 24.7 Å². The second-order valence-electron chi connectivity index (χ2n) is 6.65. The number of likely N-dealkylation sites (N-methyl/N-ethyl adjacent to an activating group) is 2. The number of hydrogen-bond donors (Lipinski definition) is 2. The molecule has 0 unspecified atom stereocenters. The topological polar surface area (TPSA) is 64.5 Å². The number of aryl methyl sites for hydroxylation is 1. The Morgan fingerprint density at radius 2 is 1.43 bits per heavy atom. The summed E-state index contributed by atoms with van der Waals surface area (Å²) in [4.78, 5) is 13.0. The van der Waals surface area contributed by atoms with Crippen molar-refractivity contribution < 1.29 is 9.47 Å². The number of nitrogens with one attached hydrogen (secondary N) is 2. The predicted octanol–water partition coefficient (Wildman–Crippen LogP) is 2.67. The van der Waals surface area contributed by atoms with Crippen LogP contribution in [0.2, 0.25) is 0 Å². The van der Waals surface area contributed by atoms with Crippen LogP contribution in [0.15, 0.2) is 41.2 Å². The molecule has 0 aliphatic heterocycles. The number of fused-ring (bicyclic) bond motifs is 2. The fraction of sp³-hybridized carbons (Fsp3) is 0.409. The largest absolute Gasteiger partial charge is 0.492 e. The Morgan fingerprint density at radius 1 is 0.821 bits per heavy atom. The minimum absolute atomic E-state index is 0.0134. The van der Waals surface area contributed by atoms with Gasteiger partial charge in [-0.2, -0.15) is 0 Å². The maximum atomic E-state index is 13.0. The first-order valence-electron chi connectivity index (χ1n) is 9.89. The van der Waals surface area contributed by atoms with Gasteiger partial charge in [0.15, 0.2) is 5.43 Å². The summed E-state index contributed by atoms with van der Waals surface area (Å²) in [5, 5.41) is 7.79. The lowest BCUT2D eigenvalue weighted by Crippen LogP contribution is -2.20. The van der Waals surface area contributed by atoms with Gasteiger partial charge in [-0.1, -0.05) is 13.8 Å². The highest BCUT2D eigenvalue weighted by Crippen LogP contribution is 2.25. The highest BCUT2D eigenvalue weighted by atomic mass is 16.5. The highest BCUT2D eigenvalue weighted by Gasteiger charge is 2.11. The van der Waals surface area contributed by atoms with Gasteiger partial charge in [-0.25, -0.2) is 0 Å². The van der Waals surface area contributed by atoms with E-state index in [9.17, 15) is 4.79 Å². The van der Waals surface area contributed by atoms with Crippen LogP contribution in [-0.4, -0.2) is 44.0 Å². The first-order valence-corrected chi connectivity index (χ1v) is 9.89. The van der Waals surface area contributed by atoms with Crippen molar-refractivity contribution >= 4 is 21.8 Å². The lowest BCUT2D eigenvalue weighted by molar-refractivity contribution is 0.315. The summed E-state index contributed by atoms with van der Waals surface area (Å²) in [7, 11) is 1.97. The number of pyridine rings is 1. The molecule has 0 bridgehead atoms. The van der Waals surface area contributed by atoms with Gasteiger partial charge in [0.25, 0.3) is 0 Å². The summed E-state index contributed by atoms with van der Waals surface area (Å²) >= 11 is 0. The summed E-state index contributed by atoms with van der Waals surface area (Å²) in [5.41, 5.74) is 1.75. The van der Waals surface area contributed by atoms with Gasteiger partial charge in [-0.05, 0) is 43.4 Å². The first-order chi connectivity index (χ1) is 13.7. The maximum Gasteiger partial charge on any atom is 0.197 e. The van der Waals surface area contributed by atoms with Gasteiger partial charge in [0.2, 0.25) is 0 Å². The molecular formula is C22H29N3O3. The summed E-state index contributed by atoms with van der Waals surface area (Å²) in [6, 6.07) is 11.3. The van der Waals surface area contributed by atoms with Gasteiger partial charge in [0, 0.05) is 37.0 Å². The average molecular weight is 383 g/mol. The Labute approximate surface area is 165 Å². The molecule has 0 saturated carbocycles. The molecule has 1 heterocycles. The fourth-order valence-electron chi connectivity index (χ4n) is 3.26. The van der Waals surface area contributed by atoms with Crippen LogP contribution in [0.1, 0.15) is 13.8 Å².